The molecule has 6 rings (SSSR count). The Balaban J connectivity index is 1.13. The third-order valence-electron chi connectivity index (χ3n) is 8.56. The SMILES string of the molecule is COC(=O)N[C@H](C(=O)Nc1ccccc1CC[C@@H]1CNC[C@@H](CSc2cccc3ncccc23)O1)C(c1ccccc1)c1ccccc1. The van der Waals surface area contributed by atoms with E-state index in [1.54, 1.807) is 11.8 Å². The smallest absolute Gasteiger partial charge is 0.407 e. The first kappa shape index (κ1) is 33.2. The molecule has 0 spiro atoms. The molecule has 8 nitrogen and oxygen atoms in total. The maximum absolute atomic E-state index is 14.1. The van der Waals surface area contributed by atoms with Gasteiger partial charge in [0.05, 0.1) is 24.8 Å². The van der Waals surface area contributed by atoms with Crippen LogP contribution in [0.5, 0.6) is 0 Å². The molecule has 1 aromatic heterocycles. The van der Waals surface area contributed by atoms with Crippen molar-refractivity contribution < 1.29 is 19.1 Å². The fourth-order valence-corrected chi connectivity index (χ4v) is 7.26. The number of rotatable bonds is 12. The second kappa shape index (κ2) is 16.4. The fourth-order valence-electron chi connectivity index (χ4n) is 6.20. The minimum absolute atomic E-state index is 0.0385. The van der Waals surface area contributed by atoms with Gasteiger partial charge in [0.25, 0.3) is 0 Å². The number of benzene rings is 4. The van der Waals surface area contributed by atoms with Crippen molar-refractivity contribution in [3.63, 3.8) is 0 Å². The highest BCUT2D eigenvalue weighted by molar-refractivity contribution is 7.99. The number of aromatic nitrogens is 1. The number of anilines is 1. The van der Waals surface area contributed by atoms with Crippen LogP contribution in [0.25, 0.3) is 10.9 Å². The van der Waals surface area contributed by atoms with E-state index in [1.165, 1.54) is 12.0 Å². The van der Waals surface area contributed by atoms with Crippen LogP contribution < -0.4 is 16.0 Å². The van der Waals surface area contributed by atoms with E-state index in [2.05, 4.69) is 33.1 Å². The van der Waals surface area contributed by atoms with Gasteiger partial charge in [-0.25, -0.2) is 4.79 Å². The van der Waals surface area contributed by atoms with Crippen LogP contribution in [0.15, 0.2) is 126 Å². The van der Waals surface area contributed by atoms with Crippen LogP contribution >= 0.6 is 11.8 Å². The topological polar surface area (TPSA) is 102 Å². The van der Waals surface area contributed by atoms with Gasteiger partial charge in [0.1, 0.15) is 6.04 Å². The molecule has 5 aromatic rings. The molecule has 2 heterocycles. The molecule has 0 unspecified atom stereocenters. The molecule has 1 fully saturated rings. The molecule has 0 aliphatic carbocycles. The van der Waals surface area contributed by atoms with Crippen LogP contribution in [-0.4, -0.2) is 61.2 Å². The van der Waals surface area contributed by atoms with Crippen molar-refractivity contribution in [1.29, 1.82) is 0 Å². The van der Waals surface area contributed by atoms with E-state index in [0.29, 0.717) is 12.1 Å². The lowest BCUT2D eigenvalue weighted by Crippen LogP contribution is -2.48. The number of methoxy groups -OCH3 is 1. The largest absolute Gasteiger partial charge is 0.453 e. The molecular formula is C39H40N4O4S. The number of amides is 2. The molecule has 9 heteroatoms. The van der Waals surface area contributed by atoms with Crippen LogP contribution in [0, 0.1) is 0 Å². The zero-order valence-electron chi connectivity index (χ0n) is 26.9. The number of morpholine rings is 1. The highest BCUT2D eigenvalue weighted by Crippen LogP contribution is 2.31. The Morgan fingerprint density at radius 2 is 1.58 bits per heavy atom. The van der Waals surface area contributed by atoms with Gasteiger partial charge in [-0.3, -0.25) is 9.78 Å². The quantitative estimate of drug-likeness (QED) is 0.126. The Morgan fingerprint density at radius 3 is 2.33 bits per heavy atom. The van der Waals surface area contributed by atoms with E-state index in [0.717, 1.165) is 52.9 Å². The van der Waals surface area contributed by atoms with Crippen molar-refractivity contribution in [1.82, 2.24) is 15.6 Å². The maximum atomic E-state index is 14.1. The number of hydrogen-bond acceptors (Lipinski definition) is 7. The van der Waals surface area contributed by atoms with Gasteiger partial charge in [-0.15, -0.1) is 11.8 Å². The Kier molecular flexibility index (Phi) is 11.4. The lowest BCUT2D eigenvalue weighted by molar-refractivity contribution is -0.118. The summed E-state index contributed by atoms with van der Waals surface area (Å²) in [6.07, 6.45) is 2.77. The van der Waals surface area contributed by atoms with E-state index in [1.807, 2.05) is 109 Å². The number of nitrogens with zero attached hydrogens (tertiary/aromatic N) is 1. The van der Waals surface area contributed by atoms with Gasteiger partial charge < -0.3 is 25.4 Å². The molecule has 4 aromatic carbocycles. The Bertz CT molecular complexity index is 1760. The summed E-state index contributed by atoms with van der Waals surface area (Å²) in [5.74, 6) is 0.0603. The molecule has 3 atom stereocenters. The van der Waals surface area contributed by atoms with E-state index in [-0.39, 0.29) is 18.1 Å². The summed E-state index contributed by atoms with van der Waals surface area (Å²) in [5, 5.41) is 10.7. The highest BCUT2D eigenvalue weighted by atomic mass is 32.2. The van der Waals surface area contributed by atoms with Crippen molar-refractivity contribution in [2.75, 3.05) is 31.3 Å². The minimum atomic E-state index is -0.933. The van der Waals surface area contributed by atoms with Gasteiger partial charge in [0.2, 0.25) is 5.91 Å². The van der Waals surface area contributed by atoms with Gasteiger partial charge in [0, 0.05) is 46.9 Å². The number of hydrogen-bond donors (Lipinski definition) is 3. The Morgan fingerprint density at radius 1 is 0.875 bits per heavy atom. The van der Waals surface area contributed by atoms with Gasteiger partial charge in [-0.05, 0) is 53.8 Å². The van der Waals surface area contributed by atoms with Crippen molar-refractivity contribution >= 4 is 40.4 Å². The number of alkyl carbamates (subject to hydrolysis) is 1. The zero-order valence-corrected chi connectivity index (χ0v) is 27.7. The number of carbonyl (C=O) groups excluding carboxylic acids is 2. The molecule has 0 bridgehead atoms. The van der Waals surface area contributed by atoms with Crippen molar-refractivity contribution in [3.8, 4) is 0 Å². The summed E-state index contributed by atoms with van der Waals surface area (Å²) in [6, 6.07) is 36.6. The van der Waals surface area contributed by atoms with Gasteiger partial charge >= 0.3 is 6.09 Å². The minimum Gasteiger partial charge on any atom is -0.453 e. The van der Waals surface area contributed by atoms with Crippen LogP contribution in [0.3, 0.4) is 0 Å². The first-order valence-corrected chi connectivity index (χ1v) is 17.2. The standard InChI is InChI=1S/C39H40N4O4S/c1-46-39(45)43-37(36(28-13-4-2-5-14-28)29-15-6-3-7-16-29)38(44)42-33-18-9-8-12-27(33)21-22-30-24-40-25-31(47-30)26-48-35-20-10-19-34-32(35)17-11-23-41-34/h2-20,23,30-31,36-37,40H,21-22,24-26H2,1H3,(H,42,44)(H,43,45)/t30-,31+,37+/m1/s1. The van der Waals surface area contributed by atoms with E-state index in [9.17, 15) is 9.59 Å². The van der Waals surface area contributed by atoms with Gasteiger partial charge in [-0.1, -0.05) is 91.0 Å². The van der Waals surface area contributed by atoms with Gasteiger partial charge in [-0.2, -0.15) is 0 Å². The highest BCUT2D eigenvalue weighted by Gasteiger charge is 2.33. The molecule has 1 aliphatic rings. The van der Waals surface area contributed by atoms with Crippen molar-refractivity contribution in [2.24, 2.45) is 0 Å². The zero-order chi connectivity index (χ0) is 33.1. The average molecular weight is 661 g/mol. The summed E-state index contributed by atoms with van der Waals surface area (Å²) < 4.78 is 11.5. The lowest BCUT2D eigenvalue weighted by Gasteiger charge is -2.31. The van der Waals surface area contributed by atoms with Crippen LogP contribution in [0.1, 0.15) is 29.0 Å². The first-order chi connectivity index (χ1) is 23.6. The number of nitrogens with one attached hydrogen (secondary N) is 3. The van der Waals surface area contributed by atoms with Crippen LogP contribution in [0.4, 0.5) is 10.5 Å². The van der Waals surface area contributed by atoms with Crippen molar-refractivity contribution in [2.45, 2.75) is 41.9 Å². The molecule has 1 aliphatic heterocycles. The molecule has 1 saturated heterocycles. The molecule has 0 radical (unpaired) electrons. The number of para-hydroxylation sites is 1. The first-order valence-electron chi connectivity index (χ1n) is 16.2. The summed E-state index contributed by atoms with van der Waals surface area (Å²) in [7, 11) is 1.30. The predicted molar refractivity (Wildman–Crippen MR) is 191 cm³/mol. The number of carbonyl (C=O) groups is 2. The van der Waals surface area contributed by atoms with E-state index >= 15 is 0 Å². The monoisotopic (exact) mass is 660 g/mol. The maximum Gasteiger partial charge on any atom is 0.407 e. The lowest BCUT2D eigenvalue weighted by atomic mass is 9.84. The molecule has 2 amide bonds. The third-order valence-corrected chi connectivity index (χ3v) is 9.77. The molecular weight excluding hydrogens is 621 g/mol. The summed E-state index contributed by atoms with van der Waals surface area (Å²) in [4.78, 5) is 32.4. The van der Waals surface area contributed by atoms with Crippen LogP contribution in [-0.2, 0) is 20.7 Å². The number of fused-ring (bicyclic) bond motifs is 1. The number of pyridine rings is 1. The molecule has 48 heavy (non-hydrogen) atoms. The Labute approximate surface area is 285 Å². The fraction of sp³-hybridized carbons (Fsp3) is 0.256. The normalized spacial score (nSPS) is 16.7. The third kappa shape index (κ3) is 8.41. The second-order valence-corrected chi connectivity index (χ2v) is 12.8. The summed E-state index contributed by atoms with van der Waals surface area (Å²) >= 11 is 1.80. The number of aryl methyl sites for hydroxylation is 1. The van der Waals surface area contributed by atoms with Crippen molar-refractivity contribution in [3.05, 3.63) is 138 Å². The van der Waals surface area contributed by atoms with Crippen LogP contribution in [0.2, 0.25) is 0 Å². The van der Waals surface area contributed by atoms with E-state index < -0.39 is 18.1 Å². The number of ether oxygens (including phenoxy) is 2. The average Bonchev–Trinajstić information content (AvgIpc) is 3.14. The number of thioether (sulfide) groups is 1. The molecule has 246 valence electrons. The van der Waals surface area contributed by atoms with E-state index in [4.69, 9.17) is 9.47 Å². The second-order valence-electron chi connectivity index (χ2n) is 11.8. The molecule has 3 N–H and O–H groups in total. The van der Waals surface area contributed by atoms with Gasteiger partial charge in [0.15, 0.2) is 0 Å². The predicted octanol–water partition coefficient (Wildman–Crippen LogP) is 6.81. The Hall–Kier alpha value is -4.70. The summed E-state index contributed by atoms with van der Waals surface area (Å²) in [5.41, 5.74) is 4.51. The molecule has 0 saturated carbocycles. The summed E-state index contributed by atoms with van der Waals surface area (Å²) in [6.45, 7) is 1.58.